The first-order valence-electron chi connectivity index (χ1n) is 13.6. The highest BCUT2D eigenvalue weighted by atomic mass is 32.2. The number of amidine groups is 1. The van der Waals surface area contributed by atoms with Crippen LogP contribution in [-0.2, 0) is 10.9 Å². The summed E-state index contributed by atoms with van der Waals surface area (Å²) in [5.41, 5.74) is -0.107. The van der Waals surface area contributed by atoms with Gasteiger partial charge in [-0.15, -0.1) is 0 Å². The lowest BCUT2D eigenvalue weighted by Crippen LogP contribution is -2.45. The Bertz CT molecular complexity index is 945. The molecule has 5 nitrogen and oxygen atoms in total. The molecule has 0 amide bonds. The van der Waals surface area contributed by atoms with Crippen molar-refractivity contribution in [2.75, 3.05) is 44.7 Å². The SMILES string of the molecule is CCC(CC/N=C1/SC(C)CN1C(=S)Nc1cccc(C(F)(F)F)c1)CC(CC(C)(C)C)N1CCOCC1. The van der Waals surface area contributed by atoms with Crippen molar-refractivity contribution in [3.8, 4) is 0 Å². The first-order valence-corrected chi connectivity index (χ1v) is 14.9. The maximum absolute atomic E-state index is 13.1. The van der Waals surface area contributed by atoms with Gasteiger partial charge in [0.2, 0.25) is 0 Å². The van der Waals surface area contributed by atoms with Gasteiger partial charge in [-0.05, 0) is 61.0 Å². The van der Waals surface area contributed by atoms with Gasteiger partial charge in [0.15, 0.2) is 10.3 Å². The molecule has 0 saturated carbocycles. The lowest BCUT2D eigenvalue weighted by atomic mass is 9.82. The maximum Gasteiger partial charge on any atom is 0.416 e. The van der Waals surface area contributed by atoms with Crippen LogP contribution in [0.5, 0.6) is 0 Å². The number of nitrogens with one attached hydrogen (secondary N) is 1. The molecular weight excluding hydrogens is 529 g/mol. The van der Waals surface area contributed by atoms with E-state index < -0.39 is 11.7 Å². The molecule has 1 N–H and O–H groups in total. The van der Waals surface area contributed by atoms with E-state index in [-0.39, 0.29) is 5.41 Å². The third-order valence-electron chi connectivity index (χ3n) is 7.04. The molecule has 2 aliphatic heterocycles. The molecule has 2 saturated heterocycles. The second-order valence-corrected chi connectivity index (χ2v) is 13.4. The van der Waals surface area contributed by atoms with Gasteiger partial charge in [-0.3, -0.25) is 14.8 Å². The molecule has 0 aliphatic carbocycles. The van der Waals surface area contributed by atoms with Crippen molar-refractivity contribution in [1.82, 2.24) is 9.80 Å². The molecular formula is C28H43F3N4OS2. The topological polar surface area (TPSA) is 40.1 Å². The van der Waals surface area contributed by atoms with Gasteiger partial charge in [-0.1, -0.05) is 58.9 Å². The largest absolute Gasteiger partial charge is 0.416 e. The van der Waals surface area contributed by atoms with Crippen molar-refractivity contribution < 1.29 is 17.9 Å². The Morgan fingerprint density at radius 1 is 1.24 bits per heavy atom. The van der Waals surface area contributed by atoms with Crippen molar-refractivity contribution in [2.45, 2.75) is 77.8 Å². The van der Waals surface area contributed by atoms with Crippen LogP contribution in [-0.4, -0.2) is 70.8 Å². The van der Waals surface area contributed by atoms with E-state index >= 15 is 0 Å². The van der Waals surface area contributed by atoms with Crippen molar-refractivity contribution in [1.29, 1.82) is 0 Å². The van der Waals surface area contributed by atoms with E-state index in [1.54, 1.807) is 17.8 Å². The van der Waals surface area contributed by atoms with Crippen molar-refractivity contribution in [3.63, 3.8) is 0 Å². The van der Waals surface area contributed by atoms with Crippen molar-refractivity contribution in [3.05, 3.63) is 29.8 Å². The number of morpholine rings is 1. The number of thiocarbonyl (C=S) groups is 1. The van der Waals surface area contributed by atoms with Crippen LogP contribution in [0.25, 0.3) is 0 Å². The summed E-state index contributed by atoms with van der Waals surface area (Å²) < 4.78 is 44.9. The molecule has 3 atom stereocenters. The molecule has 0 aromatic heterocycles. The summed E-state index contributed by atoms with van der Waals surface area (Å²) in [5.74, 6) is 0.571. The summed E-state index contributed by atoms with van der Waals surface area (Å²) in [6, 6.07) is 5.67. The van der Waals surface area contributed by atoms with Crippen molar-refractivity contribution in [2.24, 2.45) is 16.3 Å². The Hall–Kier alpha value is -1.36. The summed E-state index contributed by atoms with van der Waals surface area (Å²) in [6.07, 6.45) is 0.0314. The van der Waals surface area contributed by atoms with E-state index in [4.69, 9.17) is 21.9 Å². The molecule has 3 unspecified atom stereocenters. The third kappa shape index (κ3) is 9.68. The molecule has 3 rings (SSSR count). The van der Waals surface area contributed by atoms with E-state index in [1.165, 1.54) is 6.07 Å². The summed E-state index contributed by atoms with van der Waals surface area (Å²) in [7, 11) is 0. The van der Waals surface area contributed by atoms with Crippen LogP contribution < -0.4 is 5.32 Å². The van der Waals surface area contributed by atoms with Crippen LogP contribution in [0.4, 0.5) is 18.9 Å². The van der Waals surface area contributed by atoms with Crippen LogP contribution in [0.2, 0.25) is 0 Å². The average Bonchev–Trinajstić information content (AvgIpc) is 3.22. The van der Waals surface area contributed by atoms with E-state index in [9.17, 15) is 13.2 Å². The number of aliphatic imine (C=N–C) groups is 1. The molecule has 1 aromatic carbocycles. The van der Waals surface area contributed by atoms with Gasteiger partial charge in [0.25, 0.3) is 0 Å². The minimum Gasteiger partial charge on any atom is -0.379 e. The van der Waals surface area contributed by atoms with E-state index in [1.807, 2.05) is 4.90 Å². The second kappa shape index (κ2) is 13.8. The summed E-state index contributed by atoms with van der Waals surface area (Å²) in [4.78, 5) is 9.45. The zero-order chi connectivity index (χ0) is 27.9. The molecule has 2 fully saturated rings. The summed E-state index contributed by atoms with van der Waals surface area (Å²) >= 11 is 7.26. The van der Waals surface area contributed by atoms with Gasteiger partial charge in [0.1, 0.15) is 0 Å². The lowest BCUT2D eigenvalue weighted by Gasteiger charge is -2.39. The van der Waals surface area contributed by atoms with E-state index in [0.29, 0.717) is 41.1 Å². The van der Waals surface area contributed by atoms with Gasteiger partial charge in [0, 0.05) is 43.2 Å². The van der Waals surface area contributed by atoms with Crippen molar-refractivity contribution >= 4 is 39.9 Å². The van der Waals surface area contributed by atoms with Gasteiger partial charge < -0.3 is 10.1 Å². The minimum absolute atomic E-state index is 0.265. The maximum atomic E-state index is 13.1. The fourth-order valence-corrected chi connectivity index (χ4v) is 6.48. The van der Waals surface area contributed by atoms with Crippen LogP contribution in [0.1, 0.15) is 65.9 Å². The van der Waals surface area contributed by atoms with E-state index in [2.05, 4.69) is 44.8 Å². The molecule has 10 heteroatoms. The number of thioether (sulfide) groups is 1. The van der Waals surface area contributed by atoms with E-state index in [0.717, 1.165) is 69.3 Å². The van der Waals surface area contributed by atoms with Crippen LogP contribution >= 0.6 is 24.0 Å². The Balaban J connectivity index is 1.61. The monoisotopic (exact) mass is 572 g/mol. The van der Waals surface area contributed by atoms with Gasteiger partial charge in [0.05, 0.1) is 18.8 Å². The Labute approximate surface area is 236 Å². The zero-order valence-electron chi connectivity index (χ0n) is 23.3. The number of halogens is 3. The Morgan fingerprint density at radius 3 is 2.58 bits per heavy atom. The number of hydrogen-bond acceptors (Lipinski definition) is 5. The standard InChI is InChI=1S/C28H43F3N4OS2/c1-6-21(16-24(18-27(3,4)5)34-12-14-36-15-13-34)10-11-32-26-35(19-20(2)38-26)25(37)33-23-9-7-8-22(17-23)28(29,30)31/h7-9,17,20-21,24H,6,10-16,18-19H2,1-5H3,(H,33,37)/b32-26+. The highest BCUT2D eigenvalue weighted by Gasteiger charge is 2.32. The predicted octanol–water partition coefficient (Wildman–Crippen LogP) is 7.14. The fourth-order valence-electron chi connectivity index (χ4n) is 5.10. The lowest BCUT2D eigenvalue weighted by molar-refractivity contribution is -0.137. The number of anilines is 1. The van der Waals surface area contributed by atoms with Crippen LogP contribution in [0.3, 0.4) is 0 Å². The molecule has 214 valence electrons. The number of hydrogen-bond donors (Lipinski definition) is 1. The molecule has 0 bridgehead atoms. The number of alkyl halides is 3. The van der Waals surface area contributed by atoms with Gasteiger partial charge in [-0.2, -0.15) is 13.2 Å². The second-order valence-electron chi connectivity index (χ2n) is 11.6. The predicted molar refractivity (Wildman–Crippen MR) is 157 cm³/mol. The van der Waals surface area contributed by atoms with Crippen LogP contribution in [0.15, 0.2) is 29.3 Å². The van der Waals surface area contributed by atoms with Crippen LogP contribution in [0, 0.1) is 11.3 Å². The zero-order valence-corrected chi connectivity index (χ0v) is 24.9. The first kappa shape index (κ1) is 31.2. The molecule has 0 spiro atoms. The highest BCUT2D eigenvalue weighted by molar-refractivity contribution is 8.14. The van der Waals surface area contributed by atoms with Gasteiger partial charge in [-0.25, -0.2) is 0 Å². The quantitative estimate of drug-likeness (QED) is 0.317. The first-order chi connectivity index (χ1) is 17.9. The highest BCUT2D eigenvalue weighted by Crippen LogP contribution is 2.32. The molecule has 0 radical (unpaired) electrons. The fraction of sp³-hybridized carbons (Fsp3) is 0.714. The number of benzene rings is 1. The third-order valence-corrected chi connectivity index (χ3v) is 8.47. The number of rotatable bonds is 9. The normalized spacial score (nSPS) is 22.1. The average molecular weight is 573 g/mol. The molecule has 2 aliphatic rings. The molecule has 1 aromatic rings. The molecule has 2 heterocycles. The smallest absolute Gasteiger partial charge is 0.379 e. The Kier molecular flexibility index (Phi) is 11.3. The Morgan fingerprint density at radius 2 is 1.95 bits per heavy atom. The summed E-state index contributed by atoms with van der Waals surface area (Å²) in [6.45, 7) is 16.3. The minimum atomic E-state index is -4.40. The summed E-state index contributed by atoms with van der Waals surface area (Å²) in [5, 5.41) is 4.51. The molecule has 38 heavy (non-hydrogen) atoms. The van der Waals surface area contributed by atoms with Gasteiger partial charge >= 0.3 is 6.18 Å². The number of nitrogens with zero attached hydrogens (tertiary/aromatic N) is 3. The number of ether oxygens (including phenoxy) is 1.